The minimum absolute atomic E-state index is 0.111. The zero-order valence-electron chi connectivity index (χ0n) is 32.5. The molecule has 1 aliphatic carbocycles. The predicted octanol–water partition coefficient (Wildman–Crippen LogP) is 7.05. The Bertz CT molecular complexity index is 2110. The minimum Gasteiger partial charge on any atom is -0.386 e. The second-order valence-electron chi connectivity index (χ2n) is 15.5. The third-order valence-electron chi connectivity index (χ3n) is 10.1. The Morgan fingerprint density at radius 3 is 2.33 bits per heavy atom. The van der Waals surface area contributed by atoms with Gasteiger partial charge in [0.05, 0.1) is 30.5 Å². The van der Waals surface area contributed by atoms with Crippen LogP contribution in [0.25, 0.3) is 21.9 Å². The molecule has 1 saturated carbocycles. The molecular weight excluding hydrogens is 713 g/mol. The summed E-state index contributed by atoms with van der Waals surface area (Å²) < 4.78 is 47.8. The maximum atomic E-state index is 12.9. The fraction of sp³-hybridized carbons (Fsp3) is 0.538. The van der Waals surface area contributed by atoms with Gasteiger partial charge in [-0.3, -0.25) is 19.1 Å². The Kier molecular flexibility index (Phi) is 11.8. The van der Waals surface area contributed by atoms with E-state index in [-0.39, 0.29) is 17.4 Å². The molecule has 16 heteroatoms. The van der Waals surface area contributed by atoms with Crippen LogP contribution in [0.4, 0.5) is 24.7 Å². The van der Waals surface area contributed by atoms with Gasteiger partial charge in [-0.25, -0.2) is 15.0 Å². The maximum Gasteiger partial charge on any atom is 0.433 e. The Morgan fingerprint density at radius 1 is 0.982 bits per heavy atom. The van der Waals surface area contributed by atoms with Gasteiger partial charge in [-0.1, -0.05) is 19.9 Å². The molecule has 0 spiro atoms. The lowest BCUT2D eigenvalue weighted by Gasteiger charge is -2.39. The van der Waals surface area contributed by atoms with E-state index in [2.05, 4.69) is 49.5 Å². The number of benzene rings is 1. The highest BCUT2D eigenvalue weighted by atomic mass is 19.4. The van der Waals surface area contributed by atoms with Crippen molar-refractivity contribution >= 4 is 39.3 Å². The Labute approximate surface area is 318 Å². The first-order chi connectivity index (χ1) is 26.0. The second kappa shape index (κ2) is 16.2. The number of fused-ring (bicyclic) bond motifs is 2. The molecule has 7 rings (SSSR count). The van der Waals surface area contributed by atoms with Crippen molar-refractivity contribution in [2.45, 2.75) is 103 Å². The number of ether oxygens (including phenoxy) is 1. The summed E-state index contributed by atoms with van der Waals surface area (Å²) in [4.78, 5) is 28.1. The van der Waals surface area contributed by atoms with Crippen molar-refractivity contribution in [3.63, 3.8) is 0 Å². The van der Waals surface area contributed by atoms with Gasteiger partial charge in [0.15, 0.2) is 5.82 Å². The fourth-order valence-electron chi connectivity index (χ4n) is 7.05. The van der Waals surface area contributed by atoms with Crippen LogP contribution in [0.2, 0.25) is 0 Å². The molecule has 5 aromatic rings. The van der Waals surface area contributed by atoms with Crippen molar-refractivity contribution < 1.29 is 27.8 Å². The van der Waals surface area contributed by atoms with E-state index in [1.54, 1.807) is 36.9 Å². The Morgan fingerprint density at radius 2 is 1.69 bits per heavy atom. The van der Waals surface area contributed by atoms with Gasteiger partial charge in [0.25, 0.3) is 5.91 Å². The number of nitrogens with zero attached hydrogens (tertiary/aromatic N) is 8. The topological polar surface area (TPSA) is 148 Å². The molecule has 55 heavy (non-hydrogen) atoms. The molecule has 2 aliphatic rings. The number of morpholine rings is 1. The summed E-state index contributed by atoms with van der Waals surface area (Å²) in [6, 6.07) is 7.71. The molecule has 2 fully saturated rings. The minimum atomic E-state index is -4.65. The van der Waals surface area contributed by atoms with Crippen LogP contribution in [0.15, 0.2) is 42.7 Å². The van der Waals surface area contributed by atoms with Crippen LogP contribution in [0.3, 0.4) is 0 Å². The van der Waals surface area contributed by atoms with E-state index >= 15 is 0 Å². The molecule has 1 saturated heterocycles. The number of nitrogens with one attached hydrogen (secondary N) is 2. The van der Waals surface area contributed by atoms with Crippen LogP contribution in [-0.4, -0.2) is 88.8 Å². The van der Waals surface area contributed by atoms with Crippen molar-refractivity contribution in [3.05, 3.63) is 65.5 Å². The lowest BCUT2D eigenvalue weighted by atomic mass is 9.90. The van der Waals surface area contributed by atoms with Crippen LogP contribution in [-0.2, 0) is 23.6 Å². The number of alkyl halides is 3. The Hall–Kier alpha value is -4.67. The van der Waals surface area contributed by atoms with Gasteiger partial charge in [-0.05, 0) is 77.6 Å². The largest absolute Gasteiger partial charge is 0.433 e. The van der Waals surface area contributed by atoms with Gasteiger partial charge in [0.2, 0.25) is 0 Å². The molecule has 13 nitrogen and oxygen atoms in total. The van der Waals surface area contributed by atoms with Gasteiger partial charge in [0.1, 0.15) is 28.2 Å². The summed E-state index contributed by atoms with van der Waals surface area (Å²) in [5, 5.41) is 26.4. The molecule has 0 unspecified atom stereocenters. The van der Waals surface area contributed by atoms with Crippen molar-refractivity contribution in [1.82, 2.24) is 39.4 Å². The van der Waals surface area contributed by atoms with Crippen LogP contribution >= 0.6 is 0 Å². The zero-order valence-corrected chi connectivity index (χ0v) is 32.5. The van der Waals surface area contributed by atoms with Gasteiger partial charge in [-0.2, -0.15) is 23.4 Å². The molecule has 1 amide bonds. The average Bonchev–Trinajstić information content (AvgIpc) is 3.75. The van der Waals surface area contributed by atoms with Crippen molar-refractivity contribution in [3.8, 4) is 0 Å². The lowest BCUT2D eigenvalue weighted by Crippen LogP contribution is -2.46. The summed E-state index contributed by atoms with van der Waals surface area (Å²) in [5.41, 5.74) is 0.379. The van der Waals surface area contributed by atoms with E-state index in [1.807, 2.05) is 31.8 Å². The van der Waals surface area contributed by atoms with Gasteiger partial charge in [-0.15, -0.1) is 0 Å². The number of anilines is 2. The first-order valence-corrected chi connectivity index (χ1v) is 18.9. The molecule has 0 radical (unpaired) electrons. The standard InChI is InChI=1S/C20H21F3N4O2.C19H30N6O/c1-11(2)27-10-12-8-16(13(19(3,4)29)9-15(12)26-27)25-18(28)14-6-5-7-17(24-14)20(21,22)23;1-13(2)18-22-16-12-20-24(3)17(16)19(23-18)21-14-4-6-15(7-5-14)25-8-10-26-11-9-25/h5-11,29H,1-4H3,(H,25,28);12-15H,4-11H2,1-3H3,(H,21,22,23). The van der Waals surface area contributed by atoms with Crippen molar-refractivity contribution in [2.24, 2.45) is 7.05 Å². The quantitative estimate of drug-likeness (QED) is 0.150. The third kappa shape index (κ3) is 9.42. The van der Waals surface area contributed by atoms with Crippen LogP contribution in [0.1, 0.15) is 107 Å². The maximum absolute atomic E-state index is 12.9. The molecule has 1 aliphatic heterocycles. The van der Waals surface area contributed by atoms with E-state index in [4.69, 9.17) is 9.72 Å². The summed E-state index contributed by atoms with van der Waals surface area (Å²) in [6.45, 7) is 15.2. The van der Waals surface area contributed by atoms with Crippen molar-refractivity contribution in [2.75, 3.05) is 36.9 Å². The van der Waals surface area contributed by atoms with Gasteiger partial charge < -0.3 is 20.5 Å². The average molecular weight is 765 g/mol. The molecule has 5 heterocycles. The SMILES string of the molecule is CC(C)c1nc(NC2CCC(N3CCOCC3)CC2)c2c(cnn2C)n1.CC(C)n1cc2cc(NC(=O)c3cccc(C(F)(F)F)n3)c(C(C)(C)O)cc2n1. The van der Waals surface area contributed by atoms with Gasteiger partial charge >= 0.3 is 6.18 Å². The molecule has 3 N–H and O–H groups in total. The number of rotatable bonds is 8. The number of pyridine rings is 1. The van der Waals surface area contributed by atoms with Gasteiger partial charge in [0, 0.05) is 67.0 Å². The Balaban J connectivity index is 0.000000188. The van der Waals surface area contributed by atoms with E-state index in [1.165, 1.54) is 31.7 Å². The highest BCUT2D eigenvalue weighted by Crippen LogP contribution is 2.34. The first kappa shape index (κ1) is 40.0. The number of hydrogen-bond donors (Lipinski definition) is 3. The van der Waals surface area contributed by atoms with Crippen molar-refractivity contribution in [1.29, 1.82) is 0 Å². The third-order valence-corrected chi connectivity index (χ3v) is 10.1. The molecule has 0 atom stereocenters. The summed E-state index contributed by atoms with van der Waals surface area (Å²) >= 11 is 0. The fourth-order valence-corrected chi connectivity index (χ4v) is 7.05. The summed E-state index contributed by atoms with van der Waals surface area (Å²) in [6.07, 6.45) is 3.84. The number of carbonyl (C=O) groups is 1. The number of aliphatic hydroxyl groups is 1. The van der Waals surface area contributed by atoms with Crippen LogP contribution in [0, 0.1) is 0 Å². The number of amides is 1. The highest BCUT2D eigenvalue weighted by molar-refractivity contribution is 6.04. The number of halogens is 3. The van der Waals surface area contributed by atoms with E-state index < -0.39 is 23.4 Å². The van der Waals surface area contributed by atoms with E-state index in [9.17, 15) is 23.1 Å². The lowest BCUT2D eigenvalue weighted by molar-refractivity contribution is -0.141. The molecule has 1 aromatic carbocycles. The number of aromatic nitrogens is 7. The normalized spacial score (nSPS) is 18.5. The molecule has 296 valence electrons. The second-order valence-corrected chi connectivity index (χ2v) is 15.5. The number of hydrogen-bond acceptors (Lipinski definition) is 10. The summed E-state index contributed by atoms with van der Waals surface area (Å²) in [7, 11) is 1.96. The first-order valence-electron chi connectivity index (χ1n) is 18.9. The number of carbonyl (C=O) groups excluding carboxylic acids is 1. The monoisotopic (exact) mass is 764 g/mol. The zero-order chi connectivity index (χ0) is 39.7. The summed E-state index contributed by atoms with van der Waals surface area (Å²) in [5.74, 6) is 1.32. The number of aryl methyl sites for hydroxylation is 1. The van der Waals surface area contributed by atoms with E-state index in [0.29, 0.717) is 29.1 Å². The van der Waals surface area contributed by atoms with E-state index in [0.717, 1.165) is 66.5 Å². The highest BCUT2D eigenvalue weighted by Gasteiger charge is 2.33. The smallest absolute Gasteiger partial charge is 0.386 e. The molecule has 0 bridgehead atoms. The molecular formula is C39H51F3N10O3. The van der Waals surface area contributed by atoms with Crippen LogP contribution < -0.4 is 10.6 Å². The molecule has 4 aromatic heterocycles. The van der Waals surface area contributed by atoms with Crippen LogP contribution in [0.5, 0.6) is 0 Å². The predicted molar refractivity (Wildman–Crippen MR) is 205 cm³/mol.